The van der Waals surface area contributed by atoms with Crippen molar-refractivity contribution < 1.29 is 5.11 Å². The summed E-state index contributed by atoms with van der Waals surface area (Å²) in [5.74, 6) is 0.321. The molecule has 0 fully saturated rings. The number of hydrogen-bond donors (Lipinski definition) is 3. The van der Waals surface area contributed by atoms with Crippen molar-refractivity contribution in [2.45, 2.75) is 46.5 Å². The molecule has 0 aliphatic rings. The topological polar surface area (TPSA) is 44.3 Å². The molecule has 0 aliphatic heterocycles. The van der Waals surface area contributed by atoms with Gasteiger partial charge in [-0.15, -0.1) is 22.7 Å². The lowest BCUT2D eigenvalue weighted by Gasteiger charge is -2.09. The minimum Gasteiger partial charge on any atom is -0.508 e. The van der Waals surface area contributed by atoms with Gasteiger partial charge in [0.25, 0.3) is 0 Å². The molecular weight excluding hydrogens is 581 g/mol. The third kappa shape index (κ3) is 7.00. The molecule has 0 saturated heterocycles. The van der Waals surface area contributed by atoms with Gasteiger partial charge in [0.2, 0.25) is 0 Å². The second kappa shape index (κ2) is 13.9. The zero-order valence-corrected chi connectivity index (χ0v) is 26.9. The maximum absolute atomic E-state index is 9.66. The number of aromatic hydroxyl groups is 1. The molecule has 3 N–H and O–H groups in total. The number of rotatable bonds is 8. The number of phenols is 1. The van der Waals surface area contributed by atoms with E-state index in [1.807, 2.05) is 49.3 Å². The molecule has 210 valence electrons. The Balaban J connectivity index is 0.000000165. The molecule has 0 unspecified atom stereocenters. The fraction of sp³-hybridized carbons (Fsp3) is 0.176. The van der Waals surface area contributed by atoms with Crippen LogP contribution in [0.25, 0.3) is 20.2 Å². The third-order valence-corrected chi connectivity index (χ3v) is 11.4. The summed E-state index contributed by atoms with van der Waals surface area (Å²) in [6, 6.07) is 27.1. The maximum Gasteiger partial charge on any atom is 0.116 e. The molecule has 6 rings (SSSR count). The number of thiophene rings is 2. The smallest absolute Gasteiger partial charge is 0.116 e. The Hall–Kier alpha value is -2.78. The van der Waals surface area contributed by atoms with Gasteiger partial charge in [-0.1, -0.05) is 72.1 Å². The van der Waals surface area contributed by atoms with Crippen LogP contribution in [0, 0.1) is 13.8 Å². The van der Waals surface area contributed by atoms with Crippen molar-refractivity contribution in [1.82, 2.24) is 10.6 Å². The molecule has 0 saturated carbocycles. The Morgan fingerprint density at radius 1 is 0.659 bits per heavy atom. The summed E-state index contributed by atoms with van der Waals surface area (Å²) in [7, 11) is 3.95. The van der Waals surface area contributed by atoms with Gasteiger partial charge in [0, 0.05) is 63.6 Å². The molecule has 2 heterocycles. The molecular formula is C34H34N2OS4. The lowest BCUT2D eigenvalue weighted by Crippen LogP contribution is -2.05. The van der Waals surface area contributed by atoms with Gasteiger partial charge in [-0.25, -0.2) is 0 Å². The predicted molar refractivity (Wildman–Crippen MR) is 181 cm³/mol. The van der Waals surface area contributed by atoms with Crippen molar-refractivity contribution in [3.8, 4) is 5.75 Å². The van der Waals surface area contributed by atoms with Gasteiger partial charge in [-0.2, -0.15) is 0 Å². The number of benzene rings is 4. The number of aryl methyl sites for hydroxylation is 2. The zero-order chi connectivity index (χ0) is 28.8. The first-order chi connectivity index (χ1) is 20.0. The van der Waals surface area contributed by atoms with Crippen LogP contribution in [0.2, 0.25) is 0 Å². The van der Waals surface area contributed by atoms with Gasteiger partial charge in [0.1, 0.15) is 5.75 Å². The van der Waals surface area contributed by atoms with Crippen LogP contribution in [-0.2, 0) is 13.1 Å². The molecule has 41 heavy (non-hydrogen) atoms. The average molecular weight is 615 g/mol. The van der Waals surface area contributed by atoms with Crippen molar-refractivity contribution in [2.75, 3.05) is 14.1 Å². The number of nitrogens with one attached hydrogen (secondary N) is 2. The Bertz CT molecular complexity index is 1770. The van der Waals surface area contributed by atoms with E-state index in [2.05, 4.69) is 95.9 Å². The Morgan fingerprint density at radius 3 is 1.90 bits per heavy atom. The van der Waals surface area contributed by atoms with E-state index in [9.17, 15) is 5.11 Å². The largest absolute Gasteiger partial charge is 0.508 e. The lowest BCUT2D eigenvalue weighted by molar-refractivity contribution is 0.476. The SMILES string of the molecule is CNCc1ccccc1Sc1csc2c(C)ccc(C)c12.CNCc1ccccc1Sc1csc2ccc(O)cc12. The van der Waals surface area contributed by atoms with Gasteiger partial charge < -0.3 is 15.7 Å². The van der Waals surface area contributed by atoms with E-state index in [0.717, 1.165) is 18.5 Å². The van der Waals surface area contributed by atoms with E-state index >= 15 is 0 Å². The first kappa shape index (κ1) is 29.7. The molecule has 0 spiro atoms. The van der Waals surface area contributed by atoms with Crippen LogP contribution >= 0.6 is 46.2 Å². The van der Waals surface area contributed by atoms with Gasteiger partial charge >= 0.3 is 0 Å². The van der Waals surface area contributed by atoms with E-state index < -0.39 is 0 Å². The molecule has 0 amide bonds. The molecule has 4 aromatic carbocycles. The maximum atomic E-state index is 9.66. The van der Waals surface area contributed by atoms with E-state index in [1.165, 1.54) is 56.6 Å². The highest BCUT2D eigenvalue weighted by Gasteiger charge is 2.12. The highest BCUT2D eigenvalue weighted by atomic mass is 32.2. The van der Waals surface area contributed by atoms with E-state index in [-0.39, 0.29) is 0 Å². The Labute approximate surface area is 259 Å². The molecule has 0 atom stereocenters. The summed E-state index contributed by atoms with van der Waals surface area (Å²) < 4.78 is 2.62. The van der Waals surface area contributed by atoms with Gasteiger partial charge in [0.15, 0.2) is 0 Å². The summed E-state index contributed by atoms with van der Waals surface area (Å²) >= 11 is 7.21. The van der Waals surface area contributed by atoms with E-state index in [4.69, 9.17) is 0 Å². The van der Waals surface area contributed by atoms with Crippen molar-refractivity contribution in [3.05, 3.63) is 112 Å². The molecule has 0 radical (unpaired) electrons. The summed E-state index contributed by atoms with van der Waals surface area (Å²) in [6.45, 7) is 6.17. The van der Waals surface area contributed by atoms with Crippen LogP contribution in [-0.4, -0.2) is 19.2 Å². The third-order valence-electron chi connectivity index (χ3n) is 6.73. The van der Waals surface area contributed by atoms with E-state index in [0.29, 0.717) is 5.75 Å². The number of fused-ring (bicyclic) bond motifs is 2. The standard InChI is InChI=1S/C18H19NS2.C16H15NOS2/c1-12-8-9-13(2)18-17(12)16(11-20-18)21-15-7-5-4-6-14(15)10-19-3;1-17-9-11-4-2-3-5-14(11)20-16-10-19-15-7-6-12(18)8-13(15)16/h4-9,11,19H,10H2,1-3H3;2-8,10,17-18H,9H2,1H3. The van der Waals surface area contributed by atoms with Gasteiger partial charge in [-0.05, 0) is 80.5 Å². The lowest BCUT2D eigenvalue weighted by atomic mass is 10.1. The van der Waals surface area contributed by atoms with Gasteiger partial charge in [-0.3, -0.25) is 0 Å². The first-order valence-corrected chi connectivity index (χ1v) is 16.9. The van der Waals surface area contributed by atoms with Crippen molar-refractivity contribution in [2.24, 2.45) is 0 Å². The summed E-state index contributed by atoms with van der Waals surface area (Å²) in [5.41, 5.74) is 5.38. The average Bonchev–Trinajstić information content (AvgIpc) is 3.58. The fourth-order valence-corrected chi connectivity index (χ4v) is 9.22. The molecule has 6 aromatic rings. The Morgan fingerprint density at radius 2 is 1.24 bits per heavy atom. The molecule has 3 nitrogen and oxygen atoms in total. The summed E-state index contributed by atoms with van der Waals surface area (Å²) in [6.07, 6.45) is 0. The number of phenolic OH excluding ortho intramolecular Hbond substituents is 1. The quantitative estimate of drug-likeness (QED) is 0.159. The highest BCUT2D eigenvalue weighted by Crippen LogP contribution is 2.42. The zero-order valence-electron chi connectivity index (χ0n) is 23.7. The highest BCUT2D eigenvalue weighted by molar-refractivity contribution is 8.00. The molecule has 7 heteroatoms. The summed E-state index contributed by atoms with van der Waals surface area (Å²) in [4.78, 5) is 5.17. The monoisotopic (exact) mass is 614 g/mol. The molecule has 0 aliphatic carbocycles. The normalized spacial score (nSPS) is 11.1. The minimum atomic E-state index is 0.321. The minimum absolute atomic E-state index is 0.321. The van der Waals surface area contributed by atoms with Crippen molar-refractivity contribution in [1.29, 1.82) is 0 Å². The predicted octanol–water partition coefficient (Wildman–Crippen LogP) is 9.87. The molecule has 2 aromatic heterocycles. The summed E-state index contributed by atoms with van der Waals surface area (Å²) in [5, 5.41) is 23.1. The second-order valence-corrected chi connectivity index (χ2v) is 13.7. The van der Waals surface area contributed by atoms with Crippen LogP contribution in [0.4, 0.5) is 0 Å². The fourth-order valence-electron chi connectivity index (χ4n) is 4.68. The van der Waals surface area contributed by atoms with E-state index in [1.54, 1.807) is 29.2 Å². The van der Waals surface area contributed by atoms with Crippen molar-refractivity contribution >= 4 is 66.4 Å². The van der Waals surface area contributed by atoms with Gasteiger partial charge in [0.05, 0.1) is 0 Å². The Kier molecular flexibility index (Phi) is 10.1. The molecule has 0 bridgehead atoms. The van der Waals surface area contributed by atoms with Crippen LogP contribution in [0.15, 0.2) is 109 Å². The van der Waals surface area contributed by atoms with Crippen LogP contribution in [0.1, 0.15) is 22.3 Å². The van der Waals surface area contributed by atoms with Crippen molar-refractivity contribution in [3.63, 3.8) is 0 Å². The second-order valence-electron chi connectivity index (χ2n) is 9.76. The van der Waals surface area contributed by atoms with Crippen LogP contribution in [0.5, 0.6) is 5.75 Å². The first-order valence-electron chi connectivity index (χ1n) is 13.5. The van der Waals surface area contributed by atoms with Crippen LogP contribution in [0.3, 0.4) is 0 Å². The number of hydrogen-bond acceptors (Lipinski definition) is 7. The van der Waals surface area contributed by atoms with Crippen LogP contribution < -0.4 is 10.6 Å².